The number of carbonyl (C=O) groups is 1. The number of ether oxygens (including phenoxy) is 1. The van der Waals surface area contributed by atoms with Gasteiger partial charge < -0.3 is 9.84 Å². The quantitative estimate of drug-likeness (QED) is 0.915. The fourth-order valence-electron chi connectivity index (χ4n) is 2.74. The van der Waals surface area contributed by atoms with E-state index in [9.17, 15) is 4.79 Å². The van der Waals surface area contributed by atoms with Crippen LogP contribution in [0, 0.1) is 0 Å². The van der Waals surface area contributed by atoms with Crippen LogP contribution in [0.15, 0.2) is 12.1 Å². The summed E-state index contributed by atoms with van der Waals surface area (Å²) in [5.74, 6) is 0.288. The molecule has 1 heterocycles. The lowest BCUT2D eigenvalue weighted by Gasteiger charge is -2.29. The lowest BCUT2D eigenvalue weighted by Crippen LogP contribution is -2.20. The molecule has 0 unspecified atom stereocenters. The highest BCUT2D eigenvalue weighted by Gasteiger charge is 2.28. The van der Waals surface area contributed by atoms with Crippen molar-refractivity contribution in [3.05, 3.63) is 23.3 Å². The summed E-state index contributed by atoms with van der Waals surface area (Å²) in [7, 11) is 1.67. The van der Waals surface area contributed by atoms with E-state index in [0.717, 1.165) is 22.4 Å². The first-order valence-electron chi connectivity index (χ1n) is 8.16. The summed E-state index contributed by atoms with van der Waals surface area (Å²) in [6.07, 6.45) is 0. The topological polar surface area (TPSA) is 90.1 Å². The molecule has 25 heavy (non-hydrogen) atoms. The number of carboxylic acid groups (broad SMARTS) is 1. The van der Waals surface area contributed by atoms with Gasteiger partial charge in [0, 0.05) is 16.7 Å². The van der Waals surface area contributed by atoms with Gasteiger partial charge in [-0.2, -0.15) is 0 Å². The number of hydrogen-bond donors (Lipinski definition) is 1. The summed E-state index contributed by atoms with van der Waals surface area (Å²) < 4.78 is 7.04. The molecular weight excluding hydrogens is 320 g/mol. The van der Waals surface area contributed by atoms with Crippen LogP contribution in [0.3, 0.4) is 0 Å². The van der Waals surface area contributed by atoms with Gasteiger partial charge in [-0.25, -0.2) is 4.68 Å². The van der Waals surface area contributed by atoms with Crippen LogP contribution in [-0.4, -0.2) is 38.4 Å². The Hall–Kier alpha value is -2.44. The predicted octanol–water partition coefficient (Wildman–Crippen LogP) is 3.03. The third-order valence-electron chi connectivity index (χ3n) is 3.98. The lowest BCUT2D eigenvalue weighted by atomic mass is 9.78. The molecule has 0 aliphatic rings. The normalized spacial score (nSPS) is 12.3. The van der Waals surface area contributed by atoms with Crippen molar-refractivity contribution in [1.82, 2.24) is 20.2 Å². The van der Waals surface area contributed by atoms with Crippen molar-refractivity contribution in [3.63, 3.8) is 0 Å². The van der Waals surface area contributed by atoms with Gasteiger partial charge in [-0.05, 0) is 33.4 Å². The minimum absolute atomic E-state index is 0.160. The number of carboxylic acids is 1. The summed E-state index contributed by atoms with van der Waals surface area (Å²) in [5, 5.41) is 20.6. The van der Waals surface area contributed by atoms with Crippen LogP contribution in [0.25, 0.3) is 11.4 Å². The predicted molar refractivity (Wildman–Crippen MR) is 94.8 cm³/mol. The standard InChI is InChI=1S/C18H26N4O3/c1-17(2,3)12-8-11(9-13(15(12)25-7)18(4,5)6)16-19-20-21-22(16)10-14(23)24/h8-9H,10H2,1-7H3,(H,23,24). The molecule has 1 aromatic heterocycles. The zero-order valence-corrected chi connectivity index (χ0v) is 15.9. The molecule has 7 nitrogen and oxygen atoms in total. The Morgan fingerprint density at radius 2 is 1.64 bits per heavy atom. The molecule has 0 saturated carbocycles. The molecule has 1 N–H and O–H groups in total. The highest BCUT2D eigenvalue weighted by Crippen LogP contribution is 2.42. The second-order valence-corrected chi connectivity index (χ2v) is 8.16. The minimum Gasteiger partial charge on any atom is -0.496 e. The summed E-state index contributed by atoms with van der Waals surface area (Å²) in [6, 6.07) is 3.97. The molecule has 0 fully saturated rings. The van der Waals surface area contributed by atoms with Crippen molar-refractivity contribution in [2.45, 2.75) is 58.9 Å². The molecule has 2 aromatic rings. The number of nitrogens with zero attached hydrogens (tertiary/aromatic N) is 4. The minimum atomic E-state index is -0.992. The molecule has 0 radical (unpaired) electrons. The number of tetrazole rings is 1. The zero-order valence-electron chi connectivity index (χ0n) is 15.9. The van der Waals surface area contributed by atoms with Crippen molar-refractivity contribution in [3.8, 4) is 17.1 Å². The maximum Gasteiger partial charge on any atom is 0.325 e. The van der Waals surface area contributed by atoms with E-state index in [1.165, 1.54) is 4.68 Å². The van der Waals surface area contributed by atoms with Crippen molar-refractivity contribution in [2.24, 2.45) is 0 Å². The Kier molecular flexibility index (Phi) is 4.88. The van der Waals surface area contributed by atoms with E-state index in [2.05, 4.69) is 57.1 Å². The first-order chi connectivity index (χ1) is 11.4. The second-order valence-electron chi connectivity index (χ2n) is 8.16. The van der Waals surface area contributed by atoms with E-state index in [1.54, 1.807) is 7.11 Å². The van der Waals surface area contributed by atoms with Crippen LogP contribution >= 0.6 is 0 Å². The van der Waals surface area contributed by atoms with Gasteiger partial charge in [-0.3, -0.25) is 4.79 Å². The highest BCUT2D eigenvalue weighted by molar-refractivity contribution is 5.69. The second kappa shape index (κ2) is 6.46. The highest BCUT2D eigenvalue weighted by atomic mass is 16.5. The Morgan fingerprint density at radius 3 is 2.04 bits per heavy atom. The van der Waals surface area contributed by atoms with Gasteiger partial charge in [0.2, 0.25) is 0 Å². The van der Waals surface area contributed by atoms with Crippen molar-refractivity contribution >= 4 is 5.97 Å². The van der Waals surface area contributed by atoms with E-state index in [1.807, 2.05) is 12.1 Å². The molecule has 2 rings (SSSR count). The molecule has 0 saturated heterocycles. The van der Waals surface area contributed by atoms with Crippen molar-refractivity contribution in [1.29, 1.82) is 0 Å². The van der Waals surface area contributed by atoms with Crippen LogP contribution < -0.4 is 4.74 Å². The number of hydrogen-bond acceptors (Lipinski definition) is 5. The molecule has 0 bridgehead atoms. The van der Waals surface area contributed by atoms with E-state index in [4.69, 9.17) is 9.84 Å². The number of aliphatic carboxylic acids is 1. The first kappa shape index (κ1) is 18.9. The third kappa shape index (κ3) is 3.97. The molecule has 0 atom stereocenters. The Labute approximate surface area is 148 Å². The molecule has 7 heteroatoms. The Balaban J connectivity index is 2.76. The van der Waals surface area contributed by atoms with Gasteiger partial charge in [0.25, 0.3) is 0 Å². The lowest BCUT2D eigenvalue weighted by molar-refractivity contribution is -0.137. The number of benzene rings is 1. The third-order valence-corrected chi connectivity index (χ3v) is 3.98. The number of aromatic nitrogens is 4. The molecule has 0 aliphatic heterocycles. The zero-order chi connectivity index (χ0) is 19.0. The van der Waals surface area contributed by atoms with Crippen LogP contribution in [0.1, 0.15) is 52.7 Å². The van der Waals surface area contributed by atoms with Gasteiger partial charge in [0.05, 0.1) is 7.11 Å². The molecule has 0 amide bonds. The average Bonchev–Trinajstić information content (AvgIpc) is 2.91. The van der Waals surface area contributed by atoms with E-state index < -0.39 is 5.97 Å². The summed E-state index contributed by atoms with van der Waals surface area (Å²) >= 11 is 0. The largest absolute Gasteiger partial charge is 0.496 e. The fourth-order valence-corrected chi connectivity index (χ4v) is 2.74. The van der Waals surface area contributed by atoms with E-state index in [0.29, 0.717) is 5.82 Å². The number of rotatable bonds is 4. The molecule has 0 spiro atoms. The maximum absolute atomic E-state index is 11.1. The van der Waals surface area contributed by atoms with Crippen LogP contribution in [0.2, 0.25) is 0 Å². The first-order valence-corrected chi connectivity index (χ1v) is 8.16. The van der Waals surface area contributed by atoms with Crippen molar-refractivity contribution in [2.75, 3.05) is 7.11 Å². The average molecular weight is 346 g/mol. The van der Waals surface area contributed by atoms with Gasteiger partial charge >= 0.3 is 5.97 Å². The van der Waals surface area contributed by atoms with Crippen LogP contribution in [0.5, 0.6) is 5.75 Å². The summed E-state index contributed by atoms with van der Waals surface area (Å²) in [4.78, 5) is 11.1. The molecule has 136 valence electrons. The van der Waals surface area contributed by atoms with Gasteiger partial charge in [0.1, 0.15) is 12.3 Å². The van der Waals surface area contributed by atoms with Crippen LogP contribution in [-0.2, 0) is 22.2 Å². The maximum atomic E-state index is 11.1. The van der Waals surface area contributed by atoms with Crippen molar-refractivity contribution < 1.29 is 14.6 Å². The summed E-state index contributed by atoms with van der Waals surface area (Å²) in [5.41, 5.74) is 2.52. The Bertz CT molecular complexity index is 747. The van der Waals surface area contributed by atoms with Gasteiger partial charge in [0.15, 0.2) is 5.82 Å². The van der Waals surface area contributed by atoms with Gasteiger partial charge in [-0.1, -0.05) is 41.5 Å². The fraction of sp³-hybridized carbons (Fsp3) is 0.556. The molecular formula is C18H26N4O3. The molecule has 1 aromatic carbocycles. The molecule has 0 aliphatic carbocycles. The van der Waals surface area contributed by atoms with E-state index in [-0.39, 0.29) is 17.4 Å². The Morgan fingerprint density at radius 1 is 1.12 bits per heavy atom. The number of methoxy groups -OCH3 is 1. The SMILES string of the molecule is COc1c(C(C)(C)C)cc(-c2nnnn2CC(=O)O)cc1C(C)(C)C. The van der Waals surface area contributed by atoms with Gasteiger partial charge in [-0.15, -0.1) is 5.10 Å². The smallest absolute Gasteiger partial charge is 0.325 e. The summed E-state index contributed by atoms with van der Waals surface area (Å²) in [6.45, 7) is 12.4. The van der Waals surface area contributed by atoms with E-state index >= 15 is 0 Å². The van der Waals surface area contributed by atoms with Crippen LogP contribution in [0.4, 0.5) is 0 Å². The monoisotopic (exact) mass is 346 g/mol.